The van der Waals surface area contributed by atoms with E-state index in [1.165, 1.54) is 12.1 Å². The first-order valence-corrected chi connectivity index (χ1v) is 8.41. The number of hydrogen-bond acceptors (Lipinski definition) is 4. The first-order valence-electron chi connectivity index (χ1n) is 7.62. The van der Waals surface area contributed by atoms with Gasteiger partial charge in [-0.1, -0.05) is 12.1 Å². The predicted molar refractivity (Wildman–Crippen MR) is 94.8 cm³/mol. The monoisotopic (exact) mass is 397 g/mol. The number of methoxy groups -OCH3 is 1. The SMILES string of the molecule is COc1cc(CNC[C@H](C)O)cc(Br)c1OCc1ccc(F)cc1. The number of ether oxygens (including phenoxy) is 2. The largest absolute Gasteiger partial charge is 0.493 e. The van der Waals surface area contributed by atoms with Gasteiger partial charge in [-0.2, -0.15) is 0 Å². The second kappa shape index (κ2) is 9.01. The molecule has 0 heterocycles. The smallest absolute Gasteiger partial charge is 0.175 e. The summed E-state index contributed by atoms with van der Waals surface area (Å²) in [7, 11) is 1.58. The van der Waals surface area contributed by atoms with Crippen molar-refractivity contribution >= 4 is 15.9 Å². The molecule has 2 rings (SSSR count). The topological polar surface area (TPSA) is 50.7 Å². The van der Waals surface area contributed by atoms with Crippen molar-refractivity contribution in [2.75, 3.05) is 13.7 Å². The van der Waals surface area contributed by atoms with E-state index in [2.05, 4.69) is 21.2 Å². The number of aliphatic hydroxyl groups excluding tert-OH is 1. The predicted octanol–water partition coefficient (Wildman–Crippen LogP) is 3.65. The first kappa shape index (κ1) is 18.7. The zero-order chi connectivity index (χ0) is 17.5. The lowest BCUT2D eigenvalue weighted by Crippen LogP contribution is -2.23. The number of aliphatic hydroxyl groups is 1. The number of halogens is 2. The highest BCUT2D eigenvalue weighted by Crippen LogP contribution is 2.37. The van der Waals surface area contributed by atoms with Crippen molar-refractivity contribution < 1.29 is 19.0 Å². The highest BCUT2D eigenvalue weighted by atomic mass is 79.9. The summed E-state index contributed by atoms with van der Waals surface area (Å²) in [6.07, 6.45) is -0.395. The molecule has 0 radical (unpaired) electrons. The van der Waals surface area contributed by atoms with Gasteiger partial charge in [0.05, 0.1) is 17.7 Å². The van der Waals surface area contributed by atoms with Crippen LogP contribution in [0.4, 0.5) is 4.39 Å². The molecule has 4 nitrogen and oxygen atoms in total. The van der Waals surface area contributed by atoms with Gasteiger partial charge in [0, 0.05) is 13.1 Å². The molecule has 2 aromatic rings. The molecule has 0 aliphatic rings. The van der Waals surface area contributed by atoms with Gasteiger partial charge in [-0.05, 0) is 58.2 Å². The molecule has 0 saturated carbocycles. The fourth-order valence-corrected chi connectivity index (χ4v) is 2.78. The van der Waals surface area contributed by atoms with E-state index in [1.54, 1.807) is 26.2 Å². The van der Waals surface area contributed by atoms with Crippen LogP contribution in [0, 0.1) is 5.82 Å². The number of nitrogens with one attached hydrogen (secondary N) is 1. The molecule has 0 saturated heterocycles. The van der Waals surface area contributed by atoms with Crippen molar-refractivity contribution in [3.8, 4) is 11.5 Å². The maximum Gasteiger partial charge on any atom is 0.175 e. The lowest BCUT2D eigenvalue weighted by molar-refractivity contribution is 0.191. The Morgan fingerprint density at radius 2 is 1.92 bits per heavy atom. The van der Waals surface area contributed by atoms with Gasteiger partial charge >= 0.3 is 0 Å². The van der Waals surface area contributed by atoms with E-state index in [0.717, 1.165) is 15.6 Å². The molecule has 0 bridgehead atoms. The highest BCUT2D eigenvalue weighted by Gasteiger charge is 2.12. The van der Waals surface area contributed by atoms with Gasteiger partial charge in [-0.15, -0.1) is 0 Å². The summed E-state index contributed by atoms with van der Waals surface area (Å²) in [6, 6.07) is 10.0. The molecule has 0 spiro atoms. The highest BCUT2D eigenvalue weighted by molar-refractivity contribution is 9.10. The Kier molecular flexibility index (Phi) is 7.02. The molecule has 0 amide bonds. The summed E-state index contributed by atoms with van der Waals surface area (Å²) >= 11 is 3.50. The van der Waals surface area contributed by atoms with Crippen LogP contribution in [0.2, 0.25) is 0 Å². The molecule has 24 heavy (non-hydrogen) atoms. The van der Waals surface area contributed by atoms with Crippen LogP contribution < -0.4 is 14.8 Å². The maximum atomic E-state index is 12.9. The van der Waals surface area contributed by atoms with E-state index >= 15 is 0 Å². The Morgan fingerprint density at radius 3 is 2.54 bits per heavy atom. The van der Waals surface area contributed by atoms with E-state index in [1.807, 2.05) is 12.1 Å². The van der Waals surface area contributed by atoms with Crippen molar-refractivity contribution in [2.45, 2.75) is 26.2 Å². The summed E-state index contributed by atoms with van der Waals surface area (Å²) in [5.74, 6) is 0.938. The summed E-state index contributed by atoms with van der Waals surface area (Å²) in [4.78, 5) is 0. The molecule has 2 N–H and O–H groups in total. The lowest BCUT2D eigenvalue weighted by Gasteiger charge is -2.15. The van der Waals surface area contributed by atoms with E-state index in [9.17, 15) is 9.50 Å². The van der Waals surface area contributed by atoms with Crippen molar-refractivity contribution in [1.29, 1.82) is 0 Å². The van der Waals surface area contributed by atoms with Crippen molar-refractivity contribution in [3.05, 3.63) is 57.8 Å². The zero-order valence-corrected chi connectivity index (χ0v) is 15.3. The fraction of sp³-hybridized carbons (Fsp3) is 0.333. The average molecular weight is 398 g/mol. The Balaban J connectivity index is 2.07. The van der Waals surface area contributed by atoms with Crippen LogP contribution in [0.3, 0.4) is 0 Å². The molecule has 2 aromatic carbocycles. The van der Waals surface area contributed by atoms with E-state index in [-0.39, 0.29) is 5.82 Å². The van der Waals surface area contributed by atoms with Gasteiger partial charge in [0.2, 0.25) is 0 Å². The summed E-state index contributed by atoms with van der Waals surface area (Å²) in [5.41, 5.74) is 1.88. The third-order valence-corrected chi connectivity index (χ3v) is 3.94. The molecule has 1 atom stereocenters. The number of benzene rings is 2. The summed E-state index contributed by atoms with van der Waals surface area (Å²) in [5, 5.41) is 12.4. The second-order valence-electron chi connectivity index (χ2n) is 5.50. The molecule has 130 valence electrons. The van der Waals surface area contributed by atoms with Gasteiger partial charge in [-0.25, -0.2) is 4.39 Å². The van der Waals surface area contributed by atoms with Crippen LogP contribution in [0.15, 0.2) is 40.9 Å². The van der Waals surface area contributed by atoms with Crippen molar-refractivity contribution in [1.82, 2.24) is 5.32 Å². The Morgan fingerprint density at radius 1 is 1.21 bits per heavy atom. The lowest BCUT2D eigenvalue weighted by atomic mass is 10.2. The maximum absolute atomic E-state index is 12.9. The van der Waals surface area contributed by atoms with Gasteiger partial charge in [-0.3, -0.25) is 0 Å². The minimum atomic E-state index is -0.395. The quantitative estimate of drug-likeness (QED) is 0.713. The van der Waals surface area contributed by atoms with Crippen molar-refractivity contribution in [3.63, 3.8) is 0 Å². The van der Waals surface area contributed by atoms with Crippen LogP contribution in [0.25, 0.3) is 0 Å². The van der Waals surface area contributed by atoms with Crippen LogP contribution in [0.5, 0.6) is 11.5 Å². The third-order valence-electron chi connectivity index (χ3n) is 3.35. The van der Waals surface area contributed by atoms with Gasteiger partial charge in [0.15, 0.2) is 11.5 Å². The third kappa shape index (κ3) is 5.47. The van der Waals surface area contributed by atoms with Crippen LogP contribution >= 0.6 is 15.9 Å². The summed E-state index contributed by atoms with van der Waals surface area (Å²) < 4.78 is 25.0. The van der Waals surface area contributed by atoms with Gasteiger partial charge < -0.3 is 19.9 Å². The van der Waals surface area contributed by atoms with E-state index in [4.69, 9.17) is 9.47 Å². The Labute approximate surface area is 149 Å². The fourth-order valence-electron chi connectivity index (χ4n) is 2.18. The second-order valence-corrected chi connectivity index (χ2v) is 6.36. The zero-order valence-electron chi connectivity index (χ0n) is 13.7. The molecule has 0 fully saturated rings. The van der Waals surface area contributed by atoms with E-state index in [0.29, 0.717) is 31.2 Å². The average Bonchev–Trinajstić information content (AvgIpc) is 2.54. The van der Waals surface area contributed by atoms with E-state index < -0.39 is 6.10 Å². The Hall–Kier alpha value is -1.63. The molecule has 6 heteroatoms. The molecule has 0 aromatic heterocycles. The standard InChI is InChI=1S/C18H21BrFNO3/c1-12(22)9-21-10-14-7-16(19)18(17(8-14)23-2)24-11-13-3-5-15(20)6-4-13/h3-8,12,21-22H,9-11H2,1-2H3/t12-/m0/s1. The van der Waals surface area contributed by atoms with Gasteiger partial charge in [0.25, 0.3) is 0 Å². The first-order chi connectivity index (χ1) is 11.5. The molecule has 0 aliphatic carbocycles. The molecular formula is C18H21BrFNO3. The number of rotatable bonds is 8. The van der Waals surface area contributed by atoms with Gasteiger partial charge in [0.1, 0.15) is 12.4 Å². The molecule has 0 unspecified atom stereocenters. The van der Waals surface area contributed by atoms with Crippen LogP contribution in [-0.4, -0.2) is 24.9 Å². The normalized spacial score (nSPS) is 12.0. The van der Waals surface area contributed by atoms with Crippen molar-refractivity contribution in [2.24, 2.45) is 0 Å². The van der Waals surface area contributed by atoms with Crippen LogP contribution in [0.1, 0.15) is 18.1 Å². The number of hydrogen-bond donors (Lipinski definition) is 2. The minimum absolute atomic E-state index is 0.272. The minimum Gasteiger partial charge on any atom is -0.493 e. The summed E-state index contributed by atoms with van der Waals surface area (Å²) in [6.45, 7) is 3.17. The molecule has 0 aliphatic heterocycles. The van der Waals surface area contributed by atoms with Crippen LogP contribution in [-0.2, 0) is 13.2 Å². The Bertz CT molecular complexity index is 662. The molecular weight excluding hydrogens is 377 g/mol.